The van der Waals surface area contributed by atoms with E-state index in [1.165, 1.54) is 0 Å². The molecule has 0 radical (unpaired) electrons. The van der Waals surface area contributed by atoms with Gasteiger partial charge in [0.2, 0.25) is 0 Å². The summed E-state index contributed by atoms with van der Waals surface area (Å²) in [7, 11) is 0. The van der Waals surface area contributed by atoms with Crippen molar-refractivity contribution in [3.63, 3.8) is 0 Å². The molecular weight excluding hydrogens is 227 g/mol. The highest BCUT2D eigenvalue weighted by Crippen LogP contribution is 2.21. The van der Waals surface area contributed by atoms with Crippen LogP contribution in [0.1, 0.15) is 11.5 Å². The highest BCUT2D eigenvalue weighted by molar-refractivity contribution is 6.30. The molecule has 1 rings (SSSR count). The molecule has 0 aliphatic heterocycles. The van der Waals surface area contributed by atoms with Gasteiger partial charge < -0.3 is 11.1 Å². The van der Waals surface area contributed by atoms with Gasteiger partial charge in [-0.25, -0.2) is 4.39 Å². The number of alkyl halides is 1. The second kappa shape index (κ2) is 6.51. The van der Waals surface area contributed by atoms with Gasteiger partial charge in [-0.3, -0.25) is 0 Å². The summed E-state index contributed by atoms with van der Waals surface area (Å²) in [5.41, 5.74) is 7.32. The molecule has 1 atom stereocenters. The minimum atomic E-state index is -0.385. The Kier molecular flexibility index (Phi) is 5.29. The predicted octanol–water partition coefficient (Wildman–Crippen LogP) is 2.46. The number of rotatable bonds is 6. The minimum absolute atomic E-state index is 0.0104. The van der Waals surface area contributed by atoms with Crippen LogP contribution in [-0.4, -0.2) is 19.8 Å². The lowest BCUT2D eigenvalue weighted by molar-refractivity contribution is 0.462. The molecule has 0 spiro atoms. The maximum atomic E-state index is 12.0. The maximum absolute atomic E-state index is 12.0. The SMILES string of the molecule is C=C(N)[C@H](CNCCF)c1ccc(Cl)cc1. The highest BCUT2D eigenvalue weighted by atomic mass is 35.5. The van der Waals surface area contributed by atoms with Crippen LogP contribution >= 0.6 is 11.6 Å². The molecule has 0 heterocycles. The van der Waals surface area contributed by atoms with E-state index in [0.29, 0.717) is 23.8 Å². The lowest BCUT2D eigenvalue weighted by Crippen LogP contribution is -2.26. The van der Waals surface area contributed by atoms with E-state index in [1.807, 2.05) is 24.3 Å². The average Bonchev–Trinajstić information content (AvgIpc) is 2.26. The molecular formula is C12H16ClFN2. The van der Waals surface area contributed by atoms with Crippen molar-refractivity contribution < 1.29 is 4.39 Å². The smallest absolute Gasteiger partial charge is 0.102 e. The Labute approximate surface area is 100 Å². The van der Waals surface area contributed by atoms with Crippen LogP contribution in [0.15, 0.2) is 36.5 Å². The van der Waals surface area contributed by atoms with Gasteiger partial charge in [-0.1, -0.05) is 30.3 Å². The maximum Gasteiger partial charge on any atom is 0.102 e. The molecule has 0 unspecified atom stereocenters. The first kappa shape index (κ1) is 13.0. The zero-order valence-corrected chi connectivity index (χ0v) is 9.80. The Morgan fingerprint density at radius 3 is 2.56 bits per heavy atom. The number of hydrogen-bond donors (Lipinski definition) is 2. The first-order chi connectivity index (χ1) is 7.65. The monoisotopic (exact) mass is 242 g/mol. The second-order valence-corrected chi connectivity index (χ2v) is 4.01. The molecule has 1 aromatic rings. The summed E-state index contributed by atoms with van der Waals surface area (Å²) in [6.07, 6.45) is 0. The third kappa shape index (κ3) is 3.83. The zero-order chi connectivity index (χ0) is 12.0. The summed E-state index contributed by atoms with van der Waals surface area (Å²) < 4.78 is 12.0. The van der Waals surface area contributed by atoms with E-state index in [2.05, 4.69) is 11.9 Å². The van der Waals surface area contributed by atoms with E-state index in [-0.39, 0.29) is 12.6 Å². The normalized spacial score (nSPS) is 12.4. The van der Waals surface area contributed by atoms with Crippen LogP contribution < -0.4 is 11.1 Å². The van der Waals surface area contributed by atoms with Crippen molar-refractivity contribution in [3.05, 3.63) is 47.1 Å². The van der Waals surface area contributed by atoms with E-state index < -0.39 is 0 Å². The lowest BCUT2D eigenvalue weighted by Gasteiger charge is -2.17. The van der Waals surface area contributed by atoms with Gasteiger partial charge in [0.1, 0.15) is 6.67 Å². The molecule has 0 aliphatic carbocycles. The summed E-state index contributed by atoms with van der Waals surface area (Å²) in [6, 6.07) is 7.42. The van der Waals surface area contributed by atoms with E-state index in [4.69, 9.17) is 17.3 Å². The first-order valence-electron chi connectivity index (χ1n) is 5.11. The Balaban J connectivity index is 2.69. The van der Waals surface area contributed by atoms with E-state index in [9.17, 15) is 4.39 Å². The van der Waals surface area contributed by atoms with Crippen molar-refractivity contribution in [2.24, 2.45) is 5.73 Å². The van der Waals surface area contributed by atoms with Crippen molar-refractivity contribution in [3.8, 4) is 0 Å². The molecule has 0 saturated heterocycles. The minimum Gasteiger partial charge on any atom is -0.402 e. The van der Waals surface area contributed by atoms with Gasteiger partial charge in [-0.05, 0) is 17.7 Å². The van der Waals surface area contributed by atoms with Crippen molar-refractivity contribution in [1.82, 2.24) is 5.32 Å². The van der Waals surface area contributed by atoms with E-state index in [0.717, 1.165) is 5.56 Å². The Morgan fingerprint density at radius 1 is 1.44 bits per heavy atom. The molecule has 3 N–H and O–H groups in total. The largest absolute Gasteiger partial charge is 0.402 e. The molecule has 0 saturated carbocycles. The fourth-order valence-corrected chi connectivity index (χ4v) is 1.60. The summed E-state index contributed by atoms with van der Waals surface area (Å²) in [4.78, 5) is 0. The van der Waals surface area contributed by atoms with Gasteiger partial charge in [-0.15, -0.1) is 0 Å². The molecule has 2 nitrogen and oxygen atoms in total. The summed E-state index contributed by atoms with van der Waals surface area (Å²) >= 11 is 5.80. The fraction of sp³-hybridized carbons (Fsp3) is 0.333. The third-order valence-corrected chi connectivity index (χ3v) is 2.59. The number of halogens is 2. The molecule has 1 aromatic carbocycles. The summed E-state index contributed by atoms with van der Waals surface area (Å²) in [5.74, 6) is -0.0104. The Hall–Kier alpha value is -1.06. The molecule has 16 heavy (non-hydrogen) atoms. The molecule has 0 aliphatic rings. The summed E-state index contributed by atoms with van der Waals surface area (Å²) in [5, 5.41) is 3.66. The highest BCUT2D eigenvalue weighted by Gasteiger charge is 2.12. The van der Waals surface area contributed by atoms with Crippen LogP contribution in [0.3, 0.4) is 0 Å². The lowest BCUT2D eigenvalue weighted by atomic mass is 9.96. The number of hydrogen-bond acceptors (Lipinski definition) is 2. The molecule has 0 bridgehead atoms. The van der Waals surface area contributed by atoms with Crippen molar-refractivity contribution in [2.75, 3.05) is 19.8 Å². The number of nitrogens with two attached hydrogens (primary N) is 1. The quantitative estimate of drug-likeness (QED) is 0.752. The van der Waals surface area contributed by atoms with Gasteiger partial charge in [-0.2, -0.15) is 0 Å². The Morgan fingerprint density at radius 2 is 2.06 bits per heavy atom. The van der Waals surface area contributed by atoms with Crippen LogP contribution in [0.2, 0.25) is 5.02 Å². The molecule has 0 fully saturated rings. The third-order valence-electron chi connectivity index (χ3n) is 2.34. The predicted molar refractivity (Wildman–Crippen MR) is 66.4 cm³/mol. The number of nitrogens with one attached hydrogen (secondary N) is 1. The van der Waals surface area contributed by atoms with Crippen LogP contribution in [0, 0.1) is 0 Å². The van der Waals surface area contributed by atoms with Crippen molar-refractivity contribution >= 4 is 11.6 Å². The standard InChI is InChI=1S/C12H16ClFN2/c1-9(15)12(8-16-7-6-14)10-2-4-11(13)5-3-10/h2-5,12,16H,1,6-8,15H2/t12-/m0/s1. The van der Waals surface area contributed by atoms with Gasteiger partial charge in [0, 0.05) is 29.7 Å². The topological polar surface area (TPSA) is 38.0 Å². The van der Waals surface area contributed by atoms with Crippen LogP contribution in [-0.2, 0) is 0 Å². The first-order valence-corrected chi connectivity index (χ1v) is 5.49. The van der Waals surface area contributed by atoms with Crippen LogP contribution in [0.25, 0.3) is 0 Å². The average molecular weight is 243 g/mol. The van der Waals surface area contributed by atoms with Crippen LogP contribution in [0.5, 0.6) is 0 Å². The molecule has 4 heteroatoms. The van der Waals surface area contributed by atoms with Gasteiger partial charge in [0.25, 0.3) is 0 Å². The zero-order valence-electron chi connectivity index (χ0n) is 9.05. The number of benzene rings is 1. The molecule has 88 valence electrons. The van der Waals surface area contributed by atoms with Crippen molar-refractivity contribution in [1.29, 1.82) is 0 Å². The Bertz CT molecular complexity index is 337. The van der Waals surface area contributed by atoms with Gasteiger partial charge in [0.05, 0.1) is 0 Å². The van der Waals surface area contributed by atoms with Crippen LogP contribution in [0.4, 0.5) is 4.39 Å². The van der Waals surface area contributed by atoms with Gasteiger partial charge in [0.15, 0.2) is 0 Å². The van der Waals surface area contributed by atoms with Gasteiger partial charge >= 0.3 is 0 Å². The second-order valence-electron chi connectivity index (χ2n) is 3.57. The fourth-order valence-electron chi connectivity index (χ4n) is 1.47. The molecule has 0 aromatic heterocycles. The molecule has 0 amide bonds. The van der Waals surface area contributed by atoms with E-state index >= 15 is 0 Å². The summed E-state index contributed by atoms with van der Waals surface area (Å²) in [6.45, 7) is 4.27. The van der Waals surface area contributed by atoms with Crippen molar-refractivity contribution in [2.45, 2.75) is 5.92 Å². The van der Waals surface area contributed by atoms with E-state index in [1.54, 1.807) is 0 Å².